The Morgan fingerprint density at radius 2 is 2.00 bits per heavy atom. The molecule has 116 valence electrons. The van der Waals surface area contributed by atoms with E-state index >= 15 is 0 Å². The summed E-state index contributed by atoms with van der Waals surface area (Å²) in [7, 11) is 0. The number of imidazole rings is 1. The summed E-state index contributed by atoms with van der Waals surface area (Å²) in [6.07, 6.45) is 3.84. The van der Waals surface area contributed by atoms with Crippen molar-refractivity contribution >= 4 is 33.6 Å². The van der Waals surface area contributed by atoms with Crippen LogP contribution in [0.4, 0.5) is 0 Å². The lowest BCUT2D eigenvalue weighted by Gasteiger charge is -2.04. The number of benzene rings is 2. The van der Waals surface area contributed by atoms with Gasteiger partial charge in [0.15, 0.2) is 5.82 Å². The fourth-order valence-corrected chi connectivity index (χ4v) is 3.12. The van der Waals surface area contributed by atoms with Crippen LogP contribution in [-0.4, -0.2) is 14.5 Å². The molecule has 0 aliphatic heterocycles. The number of nitriles is 1. The summed E-state index contributed by atoms with van der Waals surface area (Å²) >= 11 is 0. The third kappa shape index (κ3) is 2.19. The van der Waals surface area contributed by atoms with Crippen molar-refractivity contribution in [3.8, 4) is 6.07 Å². The zero-order valence-corrected chi connectivity index (χ0v) is 13.3. The van der Waals surface area contributed by atoms with E-state index in [1.807, 2.05) is 54.7 Å². The summed E-state index contributed by atoms with van der Waals surface area (Å²) in [5.41, 5.74) is 4.59. The first kappa shape index (κ1) is 14.3. The highest BCUT2D eigenvalue weighted by atomic mass is 15.1. The van der Waals surface area contributed by atoms with Crippen molar-refractivity contribution in [2.45, 2.75) is 13.5 Å². The second-order valence-corrected chi connectivity index (χ2v) is 5.63. The van der Waals surface area contributed by atoms with E-state index in [2.05, 4.69) is 33.6 Å². The number of allylic oxidation sites excluding steroid dienone is 1. The van der Waals surface area contributed by atoms with Crippen LogP contribution in [0.3, 0.4) is 0 Å². The van der Waals surface area contributed by atoms with Gasteiger partial charge in [-0.05, 0) is 31.2 Å². The minimum atomic E-state index is 0.567. The Hall–Kier alpha value is -3.32. The summed E-state index contributed by atoms with van der Waals surface area (Å²) in [6, 6.07) is 18.4. The largest absolute Gasteiger partial charge is 0.361 e. The molecular weight excluding hydrogens is 296 g/mol. The molecule has 4 aromatic rings. The Kier molecular flexibility index (Phi) is 3.40. The minimum absolute atomic E-state index is 0.567. The van der Waals surface area contributed by atoms with Crippen LogP contribution in [0.25, 0.3) is 33.6 Å². The fraction of sp³-hybridized carbons (Fsp3) is 0.100. The smallest absolute Gasteiger partial charge is 0.151 e. The third-order valence-electron chi connectivity index (χ3n) is 4.25. The van der Waals surface area contributed by atoms with Crippen LogP contribution in [0.15, 0.2) is 54.7 Å². The fourth-order valence-electron chi connectivity index (χ4n) is 3.12. The highest BCUT2D eigenvalue weighted by molar-refractivity contribution is 5.97. The van der Waals surface area contributed by atoms with Crippen molar-refractivity contribution in [1.82, 2.24) is 14.5 Å². The van der Waals surface area contributed by atoms with Crippen molar-refractivity contribution in [1.29, 1.82) is 5.26 Å². The number of aromatic nitrogens is 3. The number of aryl methyl sites for hydroxylation is 1. The molecule has 1 N–H and O–H groups in total. The number of nitrogens with zero attached hydrogens (tertiary/aromatic N) is 3. The van der Waals surface area contributed by atoms with Crippen molar-refractivity contribution in [2.75, 3.05) is 0 Å². The van der Waals surface area contributed by atoms with Crippen LogP contribution in [0.5, 0.6) is 0 Å². The van der Waals surface area contributed by atoms with Crippen molar-refractivity contribution in [3.63, 3.8) is 0 Å². The van der Waals surface area contributed by atoms with E-state index in [1.165, 1.54) is 0 Å². The van der Waals surface area contributed by atoms with Crippen molar-refractivity contribution < 1.29 is 0 Å². The van der Waals surface area contributed by atoms with E-state index in [1.54, 1.807) is 0 Å². The topological polar surface area (TPSA) is 57.4 Å². The standard InChI is InChI=1S/C20H16N4/c1-2-24-19-10-6-5-9-18(19)23-20(24)14(12-21)11-15-13-22-17-8-4-3-7-16(15)17/h3-11,13,22H,2H2,1H3/b14-11-. The summed E-state index contributed by atoms with van der Waals surface area (Å²) < 4.78 is 2.08. The van der Waals surface area contributed by atoms with Gasteiger partial charge in [0.05, 0.1) is 16.6 Å². The molecule has 0 amide bonds. The number of para-hydroxylation sites is 3. The Morgan fingerprint density at radius 3 is 2.83 bits per heavy atom. The number of fused-ring (bicyclic) bond motifs is 2. The van der Waals surface area contributed by atoms with Gasteiger partial charge in [-0.1, -0.05) is 30.3 Å². The predicted octanol–water partition coefficient (Wildman–Crippen LogP) is 4.60. The molecule has 2 aromatic carbocycles. The van der Waals surface area contributed by atoms with Gasteiger partial charge in [-0.3, -0.25) is 0 Å². The molecule has 0 unspecified atom stereocenters. The molecule has 0 saturated heterocycles. The number of nitrogens with one attached hydrogen (secondary N) is 1. The molecule has 0 spiro atoms. The zero-order valence-electron chi connectivity index (χ0n) is 13.3. The van der Waals surface area contributed by atoms with Crippen molar-refractivity contribution in [2.24, 2.45) is 0 Å². The SMILES string of the molecule is CCn1c(/C(C#N)=C\c2c[nH]c3ccccc23)nc2ccccc21. The molecule has 4 rings (SSSR count). The molecule has 4 heteroatoms. The number of rotatable bonds is 3. The third-order valence-corrected chi connectivity index (χ3v) is 4.25. The summed E-state index contributed by atoms with van der Waals surface area (Å²) in [5.74, 6) is 0.714. The Balaban J connectivity index is 1.92. The van der Waals surface area contributed by atoms with Crippen LogP contribution in [0, 0.1) is 11.3 Å². The van der Waals surface area contributed by atoms with Gasteiger partial charge in [0.1, 0.15) is 6.07 Å². The van der Waals surface area contributed by atoms with Crippen LogP contribution in [-0.2, 0) is 6.54 Å². The minimum Gasteiger partial charge on any atom is -0.361 e. The average molecular weight is 312 g/mol. The monoisotopic (exact) mass is 312 g/mol. The maximum atomic E-state index is 9.71. The number of hydrogen-bond acceptors (Lipinski definition) is 2. The number of hydrogen-bond donors (Lipinski definition) is 1. The Bertz CT molecular complexity index is 1110. The average Bonchev–Trinajstić information content (AvgIpc) is 3.20. The highest BCUT2D eigenvalue weighted by Crippen LogP contribution is 2.26. The molecule has 2 aromatic heterocycles. The molecule has 0 saturated carbocycles. The maximum Gasteiger partial charge on any atom is 0.151 e. The molecular formula is C20H16N4. The van der Waals surface area contributed by atoms with E-state index in [9.17, 15) is 5.26 Å². The van der Waals surface area contributed by atoms with E-state index in [-0.39, 0.29) is 0 Å². The molecule has 0 fully saturated rings. The lowest BCUT2D eigenvalue weighted by Crippen LogP contribution is -2.00. The predicted molar refractivity (Wildman–Crippen MR) is 97.2 cm³/mol. The zero-order chi connectivity index (χ0) is 16.5. The molecule has 0 atom stereocenters. The van der Waals surface area contributed by atoms with Gasteiger partial charge >= 0.3 is 0 Å². The molecule has 0 aliphatic rings. The molecule has 0 radical (unpaired) electrons. The second-order valence-electron chi connectivity index (χ2n) is 5.63. The Morgan fingerprint density at radius 1 is 1.21 bits per heavy atom. The number of aromatic amines is 1. The number of H-pyrrole nitrogens is 1. The van der Waals surface area contributed by atoms with Gasteiger partial charge < -0.3 is 9.55 Å². The van der Waals surface area contributed by atoms with E-state index < -0.39 is 0 Å². The first-order chi connectivity index (χ1) is 11.8. The van der Waals surface area contributed by atoms with Crippen LogP contribution in [0.2, 0.25) is 0 Å². The lowest BCUT2D eigenvalue weighted by atomic mass is 10.1. The van der Waals surface area contributed by atoms with Crippen LogP contribution >= 0.6 is 0 Å². The highest BCUT2D eigenvalue weighted by Gasteiger charge is 2.14. The van der Waals surface area contributed by atoms with Gasteiger partial charge in [0.25, 0.3) is 0 Å². The van der Waals surface area contributed by atoms with Gasteiger partial charge in [0, 0.05) is 29.2 Å². The Labute approximate surface area is 139 Å². The molecule has 4 nitrogen and oxygen atoms in total. The summed E-state index contributed by atoms with van der Waals surface area (Å²) in [4.78, 5) is 7.92. The molecule has 2 heterocycles. The first-order valence-corrected chi connectivity index (χ1v) is 7.95. The quantitative estimate of drug-likeness (QED) is 0.562. The van der Waals surface area contributed by atoms with Gasteiger partial charge in [-0.2, -0.15) is 5.26 Å². The van der Waals surface area contributed by atoms with E-state index in [0.29, 0.717) is 11.4 Å². The first-order valence-electron chi connectivity index (χ1n) is 7.95. The van der Waals surface area contributed by atoms with Crippen molar-refractivity contribution in [3.05, 3.63) is 66.1 Å². The normalized spacial score (nSPS) is 11.9. The second kappa shape index (κ2) is 5.71. The van der Waals surface area contributed by atoms with Gasteiger partial charge in [-0.25, -0.2) is 4.98 Å². The van der Waals surface area contributed by atoms with Crippen LogP contribution in [0.1, 0.15) is 18.3 Å². The summed E-state index contributed by atoms with van der Waals surface area (Å²) in [5, 5.41) is 10.8. The lowest BCUT2D eigenvalue weighted by molar-refractivity contribution is 0.775. The summed E-state index contributed by atoms with van der Waals surface area (Å²) in [6.45, 7) is 2.83. The van der Waals surface area contributed by atoms with E-state index in [0.717, 1.165) is 34.0 Å². The maximum absolute atomic E-state index is 9.71. The van der Waals surface area contributed by atoms with Crippen LogP contribution < -0.4 is 0 Å². The molecule has 24 heavy (non-hydrogen) atoms. The van der Waals surface area contributed by atoms with Gasteiger partial charge in [0.2, 0.25) is 0 Å². The van der Waals surface area contributed by atoms with E-state index in [4.69, 9.17) is 0 Å². The van der Waals surface area contributed by atoms with Gasteiger partial charge in [-0.15, -0.1) is 0 Å². The molecule has 0 aliphatic carbocycles. The molecule has 0 bridgehead atoms.